The van der Waals surface area contributed by atoms with Gasteiger partial charge in [-0.3, -0.25) is 0 Å². The summed E-state index contributed by atoms with van der Waals surface area (Å²) < 4.78 is 1.67. The second-order valence-corrected chi connectivity index (χ2v) is 5.47. The Morgan fingerprint density at radius 1 is 1.22 bits per heavy atom. The second-order valence-electron chi connectivity index (χ2n) is 5.47. The van der Waals surface area contributed by atoms with Gasteiger partial charge in [0.1, 0.15) is 12.7 Å². The molecule has 0 fully saturated rings. The third kappa shape index (κ3) is 4.79. The van der Waals surface area contributed by atoms with Crippen molar-refractivity contribution in [3.8, 4) is 5.69 Å². The van der Waals surface area contributed by atoms with Gasteiger partial charge in [0, 0.05) is 13.1 Å². The number of hydrogen-bond acceptors (Lipinski definition) is 4. The maximum Gasteiger partial charge on any atom is 0.315 e. The van der Waals surface area contributed by atoms with E-state index in [4.69, 9.17) is 0 Å². The molecule has 7 heteroatoms. The molecule has 0 aliphatic carbocycles. The lowest BCUT2D eigenvalue weighted by molar-refractivity contribution is 0.0349. The van der Waals surface area contributed by atoms with Gasteiger partial charge in [0.05, 0.1) is 11.3 Å². The molecule has 0 atom stereocenters. The van der Waals surface area contributed by atoms with Crippen molar-refractivity contribution in [3.63, 3.8) is 0 Å². The van der Waals surface area contributed by atoms with E-state index in [1.165, 1.54) is 6.33 Å². The number of aromatic nitrogens is 3. The standard InChI is InChI=1S/C16H23N5O2/c1-3-16(23,4-2)10-19-15(22)18-9-13-5-7-14(8-6-13)21-12-17-11-20-21/h5-8,11-12,23H,3-4,9-10H2,1-2H3,(H2,18,19,22). The fourth-order valence-corrected chi connectivity index (χ4v) is 2.10. The molecule has 0 unspecified atom stereocenters. The van der Waals surface area contributed by atoms with Gasteiger partial charge in [-0.15, -0.1) is 0 Å². The summed E-state index contributed by atoms with van der Waals surface area (Å²) in [6.07, 6.45) is 4.32. The van der Waals surface area contributed by atoms with Crippen LogP contribution in [0.5, 0.6) is 0 Å². The number of aliphatic hydroxyl groups is 1. The molecule has 0 radical (unpaired) electrons. The molecule has 1 aromatic heterocycles. The van der Waals surface area contributed by atoms with Gasteiger partial charge in [-0.1, -0.05) is 26.0 Å². The van der Waals surface area contributed by atoms with E-state index in [1.54, 1.807) is 11.0 Å². The Bertz CT molecular complexity index is 606. The van der Waals surface area contributed by atoms with Crippen molar-refractivity contribution in [2.24, 2.45) is 0 Å². The van der Waals surface area contributed by atoms with Crippen LogP contribution in [0.2, 0.25) is 0 Å². The molecule has 0 aliphatic heterocycles. The maximum atomic E-state index is 11.8. The smallest absolute Gasteiger partial charge is 0.315 e. The number of benzene rings is 1. The predicted octanol–water partition coefficient (Wildman–Crippen LogP) is 1.62. The van der Waals surface area contributed by atoms with E-state index in [1.807, 2.05) is 38.1 Å². The van der Waals surface area contributed by atoms with Crippen LogP contribution in [0.3, 0.4) is 0 Å². The first-order chi connectivity index (χ1) is 11.1. The van der Waals surface area contributed by atoms with E-state index < -0.39 is 5.60 Å². The number of carbonyl (C=O) groups is 1. The van der Waals surface area contributed by atoms with Crippen LogP contribution in [0.15, 0.2) is 36.9 Å². The Hall–Kier alpha value is -2.41. The second kappa shape index (κ2) is 7.73. The molecule has 7 nitrogen and oxygen atoms in total. The predicted molar refractivity (Wildman–Crippen MR) is 87.1 cm³/mol. The highest BCUT2D eigenvalue weighted by Gasteiger charge is 2.22. The van der Waals surface area contributed by atoms with Crippen molar-refractivity contribution < 1.29 is 9.90 Å². The minimum atomic E-state index is -0.837. The highest BCUT2D eigenvalue weighted by molar-refractivity contribution is 5.73. The lowest BCUT2D eigenvalue weighted by Gasteiger charge is -2.25. The molecular formula is C16H23N5O2. The van der Waals surface area contributed by atoms with Crippen LogP contribution >= 0.6 is 0 Å². The monoisotopic (exact) mass is 317 g/mol. The van der Waals surface area contributed by atoms with Gasteiger partial charge in [0.15, 0.2) is 0 Å². The lowest BCUT2D eigenvalue weighted by atomic mass is 9.98. The molecule has 0 spiro atoms. The highest BCUT2D eigenvalue weighted by Crippen LogP contribution is 2.12. The molecule has 3 N–H and O–H groups in total. The molecule has 0 saturated heterocycles. The van der Waals surface area contributed by atoms with Gasteiger partial charge in [0.25, 0.3) is 0 Å². The normalized spacial score (nSPS) is 11.3. The zero-order valence-corrected chi connectivity index (χ0v) is 13.5. The van der Waals surface area contributed by atoms with Crippen molar-refractivity contribution in [2.75, 3.05) is 6.54 Å². The summed E-state index contributed by atoms with van der Waals surface area (Å²) in [5.41, 5.74) is 1.05. The molecule has 23 heavy (non-hydrogen) atoms. The molecule has 1 heterocycles. The number of carbonyl (C=O) groups excluding carboxylic acids is 1. The Labute approximate surface area is 135 Å². The largest absolute Gasteiger partial charge is 0.388 e. The molecule has 124 valence electrons. The van der Waals surface area contributed by atoms with Crippen molar-refractivity contribution >= 4 is 6.03 Å². The summed E-state index contributed by atoms with van der Waals surface area (Å²) in [5, 5.41) is 19.7. The van der Waals surface area contributed by atoms with Crippen LogP contribution in [0.1, 0.15) is 32.3 Å². The van der Waals surface area contributed by atoms with Gasteiger partial charge in [-0.25, -0.2) is 14.5 Å². The summed E-state index contributed by atoms with van der Waals surface area (Å²) in [7, 11) is 0. The van der Waals surface area contributed by atoms with E-state index in [0.29, 0.717) is 19.4 Å². The first kappa shape index (κ1) is 17.0. The number of nitrogens with zero attached hydrogens (tertiary/aromatic N) is 3. The van der Waals surface area contributed by atoms with Gasteiger partial charge < -0.3 is 15.7 Å². The Morgan fingerprint density at radius 3 is 2.48 bits per heavy atom. The Morgan fingerprint density at radius 2 is 1.91 bits per heavy atom. The van der Waals surface area contributed by atoms with E-state index in [2.05, 4.69) is 20.7 Å². The number of nitrogens with one attached hydrogen (secondary N) is 2. The average molecular weight is 317 g/mol. The summed E-state index contributed by atoms with van der Waals surface area (Å²) >= 11 is 0. The number of hydrogen-bond donors (Lipinski definition) is 3. The molecule has 1 aromatic carbocycles. The van der Waals surface area contributed by atoms with Crippen LogP contribution in [0.25, 0.3) is 5.69 Å². The zero-order chi connectivity index (χ0) is 16.7. The molecule has 0 aliphatic rings. The van der Waals surface area contributed by atoms with Crippen molar-refractivity contribution in [2.45, 2.75) is 38.8 Å². The molecule has 2 amide bonds. The van der Waals surface area contributed by atoms with Crippen LogP contribution < -0.4 is 10.6 Å². The minimum Gasteiger partial charge on any atom is -0.388 e. The van der Waals surface area contributed by atoms with E-state index in [0.717, 1.165) is 11.3 Å². The van der Waals surface area contributed by atoms with Crippen molar-refractivity contribution in [1.82, 2.24) is 25.4 Å². The number of rotatable bonds is 7. The van der Waals surface area contributed by atoms with Crippen LogP contribution in [0.4, 0.5) is 4.79 Å². The highest BCUT2D eigenvalue weighted by atomic mass is 16.3. The zero-order valence-electron chi connectivity index (χ0n) is 13.5. The molecule has 0 bridgehead atoms. The molecular weight excluding hydrogens is 294 g/mol. The van der Waals surface area contributed by atoms with E-state index >= 15 is 0 Å². The minimum absolute atomic E-state index is 0.247. The maximum absolute atomic E-state index is 11.8. The fraction of sp³-hybridized carbons (Fsp3) is 0.438. The summed E-state index contributed by atoms with van der Waals surface area (Å²) in [6.45, 7) is 4.47. The first-order valence-electron chi connectivity index (χ1n) is 7.74. The van der Waals surface area contributed by atoms with E-state index in [-0.39, 0.29) is 12.6 Å². The first-order valence-corrected chi connectivity index (χ1v) is 7.74. The number of amides is 2. The van der Waals surface area contributed by atoms with Gasteiger partial charge in [0.2, 0.25) is 0 Å². The van der Waals surface area contributed by atoms with Crippen molar-refractivity contribution in [3.05, 3.63) is 42.5 Å². The Kier molecular flexibility index (Phi) is 5.70. The average Bonchev–Trinajstić information content (AvgIpc) is 3.13. The topological polar surface area (TPSA) is 92.1 Å². The van der Waals surface area contributed by atoms with Crippen molar-refractivity contribution in [1.29, 1.82) is 0 Å². The van der Waals surface area contributed by atoms with Gasteiger partial charge in [-0.05, 0) is 30.5 Å². The third-order valence-corrected chi connectivity index (χ3v) is 3.97. The molecule has 2 aromatic rings. The lowest BCUT2D eigenvalue weighted by Crippen LogP contribution is -2.45. The summed E-state index contributed by atoms with van der Waals surface area (Å²) in [4.78, 5) is 15.7. The van der Waals surface area contributed by atoms with Crippen LogP contribution in [-0.4, -0.2) is 38.0 Å². The SMILES string of the molecule is CCC(O)(CC)CNC(=O)NCc1ccc(-n2cncn2)cc1. The summed E-state index contributed by atoms with van der Waals surface area (Å²) in [5.74, 6) is 0. The number of urea groups is 1. The third-order valence-electron chi connectivity index (χ3n) is 3.97. The molecule has 0 saturated carbocycles. The van der Waals surface area contributed by atoms with Gasteiger partial charge in [-0.2, -0.15) is 5.10 Å². The summed E-state index contributed by atoms with van der Waals surface area (Å²) in [6, 6.07) is 7.38. The van der Waals surface area contributed by atoms with Crippen LogP contribution in [-0.2, 0) is 6.54 Å². The molecule has 2 rings (SSSR count). The quantitative estimate of drug-likeness (QED) is 0.723. The van der Waals surface area contributed by atoms with Gasteiger partial charge >= 0.3 is 6.03 Å². The fourth-order valence-electron chi connectivity index (χ4n) is 2.10. The van der Waals surface area contributed by atoms with Crippen LogP contribution in [0, 0.1) is 0 Å². The van der Waals surface area contributed by atoms with E-state index in [9.17, 15) is 9.90 Å². The Balaban J connectivity index is 1.80.